The van der Waals surface area contributed by atoms with Crippen LogP contribution in [-0.4, -0.2) is 37.8 Å². The first-order chi connectivity index (χ1) is 12.1. The number of hydrogen-bond acceptors (Lipinski definition) is 5. The molecule has 136 valence electrons. The second kappa shape index (κ2) is 6.49. The van der Waals surface area contributed by atoms with Gasteiger partial charge in [0.25, 0.3) is 0 Å². The Labute approximate surface area is 154 Å². The van der Waals surface area contributed by atoms with Gasteiger partial charge >= 0.3 is 5.97 Å². The summed E-state index contributed by atoms with van der Waals surface area (Å²) in [4.78, 5) is 12.1. The van der Waals surface area contributed by atoms with Gasteiger partial charge in [-0.25, -0.2) is 4.79 Å². The first-order valence-electron chi connectivity index (χ1n) is 7.90. The molecule has 26 heavy (non-hydrogen) atoms. The molecule has 3 rings (SSSR count). The van der Waals surface area contributed by atoms with Crippen LogP contribution < -0.4 is 4.74 Å². The molecule has 0 saturated heterocycles. The summed E-state index contributed by atoms with van der Waals surface area (Å²) in [6.07, 6.45) is 0. The number of carboxylic acids is 1. The zero-order chi connectivity index (χ0) is 19.1. The van der Waals surface area contributed by atoms with E-state index in [2.05, 4.69) is 10.2 Å². The lowest BCUT2D eigenvalue weighted by Gasteiger charge is -2.22. The van der Waals surface area contributed by atoms with Gasteiger partial charge in [-0.1, -0.05) is 32.4 Å². The largest absolute Gasteiger partial charge is 0.505 e. The summed E-state index contributed by atoms with van der Waals surface area (Å²) in [6, 6.07) is 8.24. The average Bonchev–Trinajstić information content (AvgIpc) is 2.95. The zero-order valence-electron chi connectivity index (χ0n) is 14.5. The van der Waals surface area contributed by atoms with Gasteiger partial charge < -0.3 is 14.9 Å². The predicted molar refractivity (Wildman–Crippen MR) is 97.4 cm³/mol. The zero-order valence-corrected chi connectivity index (χ0v) is 15.3. The fourth-order valence-electron chi connectivity index (χ4n) is 2.54. The Hall–Kier alpha value is -2.80. The van der Waals surface area contributed by atoms with Crippen LogP contribution >= 0.6 is 11.6 Å². The van der Waals surface area contributed by atoms with Crippen LogP contribution in [0, 0.1) is 0 Å². The number of rotatable bonds is 4. The van der Waals surface area contributed by atoms with Crippen LogP contribution in [0.2, 0.25) is 5.02 Å². The van der Waals surface area contributed by atoms with Gasteiger partial charge in [0.2, 0.25) is 0 Å². The molecule has 0 unspecified atom stereocenters. The van der Waals surface area contributed by atoms with Crippen LogP contribution in [0.25, 0.3) is 16.7 Å². The molecule has 0 spiro atoms. The van der Waals surface area contributed by atoms with Crippen LogP contribution in [0.3, 0.4) is 0 Å². The number of carboxylic acid groups (broad SMARTS) is 1. The Morgan fingerprint density at radius 1 is 1.19 bits per heavy atom. The van der Waals surface area contributed by atoms with Crippen molar-refractivity contribution in [2.45, 2.75) is 26.2 Å². The van der Waals surface area contributed by atoms with Crippen LogP contribution in [0.5, 0.6) is 11.5 Å². The van der Waals surface area contributed by atoms with E-state index in [-0.39, 0.29) is 5.75 Å². The normalized spacial score (nSPS) is 11.7. The number of aromatic nitrogens is 3. The fraction of sp³-hybridized carbons (Fsp3) is 0.278. The number of carbonyl (C=O) groups is 1. The smallest absolute Gasteiger partial charge is 0.341 e. The Kier molecular flexibility index (Phi) is 4.50. The molecule has 3 aromatic rings. The molecule has 1 heterocycles. The summed E-state index contributed by atoms with van der Waals surface area (Å²) in [7, 11) is 0. The molecule has 2 aromatic carbocycles. The number of ether oxygens (including phenoxy) is 1. The monoisotopic (exact) mass is 375 g/mol. The molecule has 0 aliphatic carbocycles. The highest BCUT2D eigenvalue weighted by molar-refractivity contribution is 6.31. The lowest BCUT2D eigenvalue weighted by Crippen LogP contribution is -2.15. The molecule has 0 fully saturated rings. The maximum atomic E-state index is 10.8. The van der Waals surface area contributed by atoms with Crippen molar-refractivity contribution in [1.82, 2.24) is 15.0 Å². The van der Waals surface area contributed by atoms with Gasteiger partial charge in [0, 0.05) is 16.7 Å². The van der Waals surface area contributed by atoms with Crippen molar-refractivity contribution in [3.05, 3.63) is 40.9 Å². The SMILES string of the molecule is CC(C)(C)c1cc(OCC(=O)O)cc(-n2nc3ccc(Cl)cc3n2)c1O. The molecular formula is C18H18ClN3O4. The number of phenolic OH excluding ortho intramolecular Hbond substituents is 1. The average molecular weight is 376 g/mol. The van der Waals surface area contributed by atoms with Gasteiger partial charge in [-0.2, -0.15) is 0 Å². The van der Waals surface area contributed by atoms with E-state index in [1.165, 1.54) is 10.9 Å². The van der Waals surface area contributed by atoms with Gasteiger partial charge in [0.05, 0.1) is 0 Å². The first kappa shape index (κ1) is 18.0. The number of halogens is 1. The highest BCUT2D eigenvalue weighted by atomic mass is 35.5. The van der Waals surface area contributed by atoms with E-state index in [0.29, 0.717) is 33.1 Å². The molecule has 0 radical (unpaired) electrons. The van der Waals surface area contributed by atoms with E-state index < -0.39 is 18.0 Å². The van der Waals surface area contributed by atoms with Crippen molar-refractivity contribution in [3.8, 4) is 17.2 Å². The lowest BCUT2D eigenvalue weighted by atomic mass is 9.86. The van der Waals surface area contributed by atoms with Crippen molar-refractivity contribution < 1.29 is 19.7 Å². The Balaban J connectivity index is 2.16. The van der Waals surface area contributed by atoms with Gasteiger partial charge in [0.15, 0.2) is 6.61 Å². The number of aromatic hydroxyl groups is 1. The maximum absolute atomic E-state index is 10.8. The Morgan fingerprint density at radius 2 is 1.88 bits per heavy atom. The predicted octanol–water partition coefficient (Wildman–Crippen LogP) is 3.54. The minimum atomic E-state index is -1.09. The quantitative estimate of drug-likeness (QED) is 0.723. The summed E-state index contributed by atoms with van der Waals surface area (Å²) in [5.74, 6) is -0.773. The summed E-state index contributed by atoms with van der Waals surface area (Å²) >= 11 is 5.98. The second-order valence-electron chi connectivity index (χ2n) is 6.89. The number of aliphatic carboxylic acids is 1. The molecule has 0 bridgehead atoms. The second-order valence-corrected chi connectivity index (χ2v) is 7.33. The van der Waals surface area contributed by atoms with Crippen LogP contribution in [-0.2, 0) is 10.2 Å². The number of nitrogens with zero attached hydrogens (tertiary/aromatic N) is 3. The van der Waals surface area contributed by atoms with E-state index in [4.69, 9.17) is 21.4 Å². The molecular weight excluding hydrogens is 358 g/mol. The van der Waals surface area contributed by atoms with E-state index in [1.807, 2.05) is 20.8 Å². The standard InChI is InChI=1S/C18H18ClN3O4/c1-18(2,3)12-7-11(26-9-16(23)24)8-15(17(12)25)22-20-13-5-4-10(19)6-14(13)21-22/h4-8,25H,9H2,1-3H3,(H,23,24). The van der Waals surface area contributed by atoms with E-state index >= 15 is 0 Å². The first-order valence-corrected chi connectivity index (χ1v) is 8.28. The van der Waals surface area contributed by atoms with Gasteiger partial charge in [-0.15, -0.1) is 15.0 Å². The van der Waals surface area contributed by atoms with Crippen LogP contribution in [0.1, 0.15) is 26.3 Å². The maximum Gasteiger partial charge on any atom is 0.341 e. The summed E-state index contributed by atoms with van der Waals surface area (Å²) in [6.45, 7) is 5.30. The van der Waals surface area contributed by atoms with E-state index in [1.54, 1.807) is 24.3 Å². The van der Waals surface area contributed by atoms with E-state index in [0.717, 1.165) is 0 Å². The molecule has 0 atom stereocenters. The third kappa shape index (κ3) is 3.57. The minimum Gasteiger partial charge on any atom is -0.505 e. The topological polar surface area (TPSA) is 97.5 Å². The number of hydrogen-bond donors (Lipinski definition) is 2. The van der Waals surface area contributed by atoms with Gasteiger partial charge in [-0.3, -0.25) is 0 Å². The highest BCUT2D eigenvalue weighted by Crippen LogP contribution is 2.38. The molecule has 0 aliphatic rings. The fourth-order valence-corrected chi connectivity index (χ4v) is 2.71. The number of phenols is 1. The number of benzene rings is 2. The molecule has 0 saturated carbocycles. The van der Waals surface area contributed by atoms with Crippen molar-refractivity contribution in [2.75, 3.05) is 6.61 Å². The Morgan fingerprint density at radius 3 is 2.54 bits per heavy atom. The molecule has 0 amide bonds. The van der Waals surface area contributed by atoms with Crippen molar-refractivity contribution in [3.63, 3.8) is 0 Å². The molecule has 8 heteroatoms. The third-order valence-electron chi connectivity index (χ3n) is 3.79. The molecule has 7 nitrogen and oxygen atoms in total. The van der Waals surface area contributed by atoms with Crippen molar-refractivity contribution >= 4 is 28.6 Å². The summed E-state index contributed by atoms with van der Waals surface area (Å²) in [5, 5.41) is 28.9. The van der Waals surface area contributed by atoms with Crippen molar-refractivity contribution in [2.24, 2.45) is 0 Å². The number of fused-ring (bicyclic) bond motifs is 1. The molecule has 2 N–H and O–H groups in total. The van der Waals surface area contributed by atoms with Gasteiger partial charge in [0.1, 0.15) is 28.2 Å². The third-order valence-corrected chi connectivity index (χ3v) is 4.03. The van der Waals surface area contributed by atoms with Crippen LogP contribution in [0.15, 0.2) is 30.3 Å². The highest BCUT2D eigenvalue weighted by Gasteiger charge is 2.24. The Bertz CT molecular complexity index is 992. The minimum absolute atomic E-state index is 0.00609. The van der Waals surface area contributed by atoms with Gasteiger partial charge in [-0.05, 0) is 29.7 Å². The van der Waals surface area contributed by atoms with Crippen LogP contribution in [0.4, 0.5) is 0 Å². The lowest BCUT2D eigenvalue weighted by molar-refractivity contribution is -0.139. The molecule has 1 aromatic heterocycles. The molecule has 0 aliphatic heterocycles. The van der Waals surface area contributed by atoms with Crippen molar-refractivity contribution in [1.29, 1.82) is 0 Å². The summed E-state index contributed by atoms with van der Waals surface area (Å²) in [5.41, 5.74) is 1.67. The van der Waals surface area contributed by atoms with E-state index in [9.17, 15) is 9.90 Å². The summed E-state index contributed by atoms with van der Waals surface area (Å²) < 4.78 is 5.31.